The van der Waals surface area contributed by atoms with E-state index < -0.39 is 0 Å². The molecule has 0 saturated heterocycles. The first-order chi connectivity index (χ1) is 15.5. The highest BCUT2D eigenvalue weighted by Crippen LogP contribution is 2.24. The summed E-state index contributed by atoms with van der Waals surface area (Å²) in [6.45, 7) is 4.91. The molecule has 1 aromatic heterocycles. The second-order valence-electron chi connectivity index (χ2n) is 7.47. The number of ether oxygens (including phenoxy) is 1. The maximum absolute atomic E-state index is 13.2. The lowest BCUT2D eigenvalue weighted by molar-refractivity contribution is 0.102. The van der Waals surface area contributed by atoms with E-state index in [1.165, 1.54) is 12.1 Å². The molecule has 0 bridgehead atoms. The molecule has 0 saturated carbocycles. The third-order valence-corrected chi connectivity index (χ3v) is 5.01. The van der Waals surface area contributed by atoms with Gasteiger partial charge in [-0.3, -0.25) is 4.79 Å². The fourth-order valence-electron chi connectivity index (χ4n) is 3.37. The fraction of sp³-hybridized carbons (Fsp3) is 0.154. The molecule has 4 rings (SSSR count). The van der Waals surface area contributed by atoms with Crippen LogP contribution < -0.4 is 15.4 Å². The first kappa shape index (κ1) is 21.3. The van der Waals surface area contributed by atoms with Crippen molar-refractivity contribution >= 4 is 28.3 Å². The average molecular weight is 429 g/mol. The number of hydrogen-bond acceptors (Lipinski definition) is 4. The van der Waals surface area contributed by atoms with Crippen LogP contribution in [0.2, 0.25) is 0 Å². The molecule has 0 spiro atoms. The van der Waals surface area contributed by atoms with Crippen LogP contribution >= 0.6 is 0 Å². The molecule has 0 aliphatic heterocycles. The molecule has 32 heavy (non-hydrogen) atoms. The van der Waals surface area contributed by atoms with E-state index in [-0.39, 0.29) is 11.7 Å². The topological polar surface area (TPSA) is 63.2 Å². The Morgan fingerprint density at radius 3 is 2.47 bits per heavy atom. The number of anilines is 2. The van der Waals surface area contributed by atoms with E-state index in [9.17, 15) is 9.18 Å². The van der Waals surface area contributed by atoms with Crippen LogP contribution in [0.5, 0.6) is 5.75 Å². The zero-order valence-electron chi connectivity index (χ0n) is 18.0. The number of aromatic nitrogens is 1. The predicted octanol–water partition coefficient (Wildman–Crippen LogP) is 5.95. The molecule has 0 fully saturated rings. The Balaban J connectivity index is 1.62. The van der Waals surface area contributed by atoms with Gasteiger partial charge in [0, 0.05) is 17.6 Å². The standard InChI is InChI=1S/C26H24FN3O2/c1-3-32-22-12-10-21(11-13-22)29-26(31)23-15-19-7-4-17(2)14-24(19)30-25(23)28-16-18-5-8-20(27)9-6-18/h4-15H,3,16H2,1-2H3,(H,28,30)(H,29,31). The van der Waals surface area contributed by atoms with E-state index >= 15 is 0 Å². The van der Waals surface area contributed by atoms with Crippen molar-refractivity contribution in [2.75, 3.05) is 17.2 Å². The van der Waals surface area contributed by atoms with Gasteiger partial charge in [0.25, 0.3) is 5.91 Å². The Kier molecular flexibility index (Phi) is 6.31. The second-order valence-corrected chi connectivity index (χ2v) is 7.47. The maximum Gasteiger partial charge on any atom is 0.259 e. The monoisotopic (exact) mass is 429 g/mol. The van der Waals surface area contributed by atoms with Crippen LogP contribution in [0.3, 0.4) is 0 Å². The van der Waals surface area contributed by atoms with Gasteiger partial charge in [0.2, 0.25) is 0 Å². The number of benzene rings is 3. The van der Waals surface area contributed by atoms with Gasteiger partial charge >= 0.3 is 0 Å². The lowest BCUT2D eigenvalue weighted by Gasteiger charge is -2.14. The molecule has 3 aromatic carbocycles. The molecule has 2 N–H and O–H groups in total. The molecule has 0 atom stereocenters. The van der Waals surface area contributed by atoms with Gasteiger partial charge in [0.05, 0.1) is 17.7 Å². The molecule has 5 nitrogen and oxygen atoms in total. The van der Waals surface area contributed by atoms with Gasteiger partial charge in [-0.25, -0.2) is 9.37 Å². The van der Waals surface area contributed by atoms with Crippen molar-refractivity contribution in [3.8, 4) is 5.75 Å². The van der Waals surface area contributed by atoms with Crippen LogP contribution in [0.1, 0.15) is 28.4 Å². The number of nitrogens with one attached hydrogen (secondary N) is 2. The van der Waals surface area contributed by atoms with E-state index in [0.29, 0.717) is 30.2 Å². The molecule has 0 unspecified atom stereocenters. The number of pyridine rings is 1. The summed E-state index contributed by atoms with van der Waals surface area (Å²) in [6.07, 6.45) is 0. The third-order valence-electron chi connectivity index (χ3n) is 5.01. The van der Waals surface area contributed by atoms with Crippen LogP contribution in [0, 0.1) is 12.7 Å². The van der Waals surface area contributed by atoms with E-state index in [1.54, 1.807) is 24.3 Å². The van der Waals surface area contributed by atoms with Gasteiger partial charge in [-0.1, -0.05) is 24.3 Å². The minimum absolute atomic E-state index is 0.272. The molecule has 6 heteroatoms. The van der Waals surface area contributed by atoms with E-state index in [2.05, 4.69) is 10.6 Å². The molecule has 0 radical (unpaired) electrons. The molecular weight excluding hydrogens is 405 g/mol. The van der Waals surface area contributed by atoms with Crippen molar-refractivity contribution in [1.82, 2.24) is 4.98 Å². The molecule has 162 valence electrons. The van der Waals surface area contributed by atoms with Gasteiger partial charge in [0.1, 0.15) is 17.4 Å². The maximum atomic E-state index is 13.2. The molecule has 0 aliphatic carbocycles. The van der Waals surface area contributed by atoms with Gasteiger partial charge < -0.3 is 15.4 Å². The highest BCUT2D eigenvalue weighted by molar-refractivity contribution is 6.09. The van der Waals surface area contributed by atoms with E-state index in [4.69, 9.17) is 9.72 Å². The smallest absolute Gasteiger partial charge is 0.259 e. The highest BCUT2D eigenvalue weighted by atomic mass is 19.1. The summed E-state index contributed by atoms with van der Waals surface area (Å²) in [5, 5.41) is 7.04. The van der Waals surface area contributed by atoms with Crippen molar-refractivity contribution < 1.29 is 13.9 Å². The Labute approximate surface area is 186 Å². The highest BCUT2D eigenvalue weighted by Gasteiger charge is 2.15. The quantitative estimate of drug-likeness (QED) is 0.381. The number of nitrogens with zero attached hydrogens (tertiary/aromatic N) is 1. The van der Waals surface area contributed by atoms with Gasteiger partial charge in [-0.15, -0.1) is 0 Å². The number of aryl methyl sites for hydroxylation is 1. The molecule has 4 aromatic rings. The van der Waals surface area contributed by atoms with Crippen LogP contribution in [-0.2, 0) is 6.54 Å². The number of hydrogen-bond donors (Lipinski definition) is 2. The Bertz CT molecular complexity index is 1240. The van der Waals surface area contributed by atoms with E-state index in [0.717, 1.165) is 27.8 Å². The van der Waals surface area contributed by atoms with Crippen molar-refractivity contribution in [2.24, 2.45) is 0 Å². The zero-order valence-corrected chi connectivity index (χ0v) is 18.0. The van der Waals surface area contributed by atoms with Crippen LogP contribution in [0.15, 0.2) is 72.8 Å². The van der Waals surface area contributed by atoms with Crippen molar-refractivity contribution in [3.05, 3.63) is 95.3 Å². The molecule has 0 aliphatic rings. The largest absolute Gasteiger partial charge is 0.494 e. The van der Waals surface area contributed by atoms with Gasteiger partial charge in [0.15, 0.2) is 0 Å². The molecule has 1 heterocycles. The van der Waals surface area contributed by atoms with Crippen molar-refractivity contribution in [1.29, 1.82) is 0 Å². The summed E-state index contributed by atoms with van der Waals surface area (Å²) in [5.41, 5.74) is 3.85. The Morgan fingerprint density at radius 2 is 1.75 bits per heavy atom. The van der Waals surface area contributed by atoms with Crippen LogP contribution in [0.4, 0.5) is 15.9 Å². The second kappa shape index (κ2) is 9.47. The lowest BCUT2D eigenvalue weighted by atomic mass is 10.1. The molecular formula is C26H24FN3O2. The summed E-state index contributed by atoms with van der Waals surface area (Å²) in [5.74, 6) is 0.653. The van der Waals surface area contributed by atoms with Crippen LogP contribution in [0.25, 0.3) is 10.9 Å². The summed E-state index contributed by atoms with van der Waals surface area (Å²) < 4.78 is 18.7. The predicted molar refractivity (Wildman–Crippen MR) is 126 cm³/mol. The Morgan fingerprint density at radius 1 is 1.00 bits per heavy atom. The zero-order chi connectivity index (χ0) is 22.5. The number of rotatable bonds is 7. The summed E-state index contributed by atoms with van der Waals surface area (Å²) in [6, 6.07) is 21.2. The number of carbonyl (C=O) groups is 1. The first-order valence-electron chi connectivity index (χ1n) is 10.5. The third kappa shape index (κ3) is 5.03. The first-order valence-corrected chi connectivity index (χ1v) is 10.5. The van der Waals surface area contributed by atoms with Crippen molar-refractivity contribution in [3.63, 3.8) is 0 Å². The number of carbonyl (C=O) groups excluding carboxylic acids is 1. The normalized spacial score (nSPS) is 10.7. The van der Waals surface area contributed by atoms with E-state index in [1.807, 2.05) is 50.2 Å². The Hall–Kier alpha value is -3.93. The number of fused-ring (bicyclic) bond motifs is 1. The van der Waals surface area contributed by atoms with Gasteiger partial charge in [-0.05, 0) is 73.5 Å². The minimum atomic E-state index is -0.288. The molecule has 1 amide bonds. The SMILES string of the molecule is CCOc1ccc(NC(=O)c2cc3ccc(C)cc3nc2NCc2ccc(F)cc2)cc1. The van der Waals surface area contributed by atoms with Gasteiger partial charge in [-0.2, -0.15) is 0 Å². The average Bonchev–Trinajstić information content (AvgIpc) is 2.79. The summed E-state index contributed by atoms with van der Waals surface area (Å²) in [7, 11) is 0. The summed E-state index contributed by atoms with van der Waals surface area (Å²) >= 11 is 0. The number of halogens is 1. The van der Waals surface area contributed by atoms with Crippen LogP contribution in [-0.4, -0.2) is 17.5 Å². The summed E-state index contributed by atoms with van der Waals surface area (Å²) in [4.78, 5) is 17.8. The minimum Gasteiger partial charge on any atom is -0.494 e. The fourth-order valence-corrected chi connectivity index (χ4v) is 3.37. The van der Waals surface area contributed by atoms with Crippen molar-refractivity contribution in [2.45, 2.75) is 20.4 Å². The lowest BCUT2D eigenvalue weighted by Crippen LogP contribution is -2.16. The number of amides is 1.